The molecule has 1 saturated carbocycles. The number of rotatable bonds is 12. The molecule has 0 saturated heterocycles. The lowest BCUT2D eigenvalue weighted by Crippen LogP contribution is -2.39. The maximum absolute atomic E-state index is 5.22. The lowest BCUT2D eigenvalue weighted by molar-refractivity contribution is 0.174. The molecular weight excluding hydrogens is 274 g/mol. The van der Waals surface area contributed by atoms with E-state index in [0.717, 1.165) is 45.0 Å². The van der Waals surface area contributed by atoms with Gasteiger partial charge in [-0.15, -0.1) is 6.58 Å². The summed E-state index contributed by atoms with van der Waals surface area (Å²) in [4.78, 5) is 7.14. The van der Waals surface area contributed by atoms with Gasteiger partial charge in [0.25, 0.3) is 0 Å². The van der Waals surface area contributed by atoms with E-state index < -0.39 is 0 Å². The van der Waals surface area contributed by atoms with Crippen molar-refractivity contribution < 1.29 is 4.74 Å². The highest BCUT2D eigenvalue weighted by molar-refractivity contribution is 5.79. The molecule has 0 bridgehead atoms. The average molecular weight is 309 g/mol. The Balaban J connectivity index is 2.38. The zero-order valence-electron chi connectivity index (χ0n) is 14.9. The van der Waals surface area contributed by atoms with Gasteiger partial charge in [0.1, 0.15) is 0 Å². The number of hydrogen-bond donors (Lipinski definition) is 1. The van der Waals surface area contributed by atoms with Crippen LogP contribution in [0.3, 0.4) is 0 Å². The first-order valence-electron chi connectivity index (χ1n) is 8.77. The summed E-state index contributed by atoms with van der Waals surface area (Å²) >= 11 is 0. The second-order valence-electron chi connectivity index (χ2n) is 6.47. The molecule has 1 fully saturated rings. The number of guanidine groups is 1. The summed E-state index contributed by atoms with van der Waals surface area (Å²) in [6.45, 7) is 9.67. The molecule has 128 valence electrons. The molecule has 0 aromatic heterocycles. The second kappa shape index (κ2) is 10.7. The fourth-order valence-electron chi connectivity index (χ4n) is 2.62. The van der Waals surface area contributed by atoms with Crippen LogP contribution in [-0.2, 0) is 4.74 Å². The van der Waals surface area contributed by atoms with Crippen LogP contribution in [0.1, 0.15) is 51.9 Å². The number of aliphatic imine (C=N–C) groups is 1. The topological polar surface area (TPSA) is 36.9 Å². The van der Waals surface area contributed by atoms with E-state index in [4.69, 9.17) is 9.73 Å². The Bertz CT molecular complexity index is 337. The van der Waals surface area contributed by atoms with E-state index in [1.165, 1.54) is 32.1 Å². The fourth-order valence-corrected chi connectivity index (χ4v) is 2.62. The SMILES string of the molecule is C=CCCCCCN(C)C(=NCC1(CCOC)CC1)NCC. The van der Waals surface area contributed by atoms with Gasteiger partial charge in [-0.1, -0.05) is 12.5 Å². The molecule has 0 radical (unpaired) electrons. The molecule has 4 nitrogen and oxygen atoms in total. The van der Waals surface area contributed by atoms with Crippen molar-refractivity contribution in [2.75, 3.05) is 40.4 Å². The Labute approximate surface area is 137 Å². The van der Waals surface area contributed by atoms with E-state index in [1.54, 1.807) is 7.11 Å². The van der Waals surface area contributed by atoms with Crippen molar-refractivity contribution in [1.82, 2.24) is 10.2 Å². The first-order valence-corrected chi connectivity index (χ1v) is 8.77. The Morgan fingerprint density at radius 2 is 2.14 bits per heavy atom. The summed E-state index contributed by atoms with van der Waals surface area (Å²) in [7, 11) is 3.92. The van der Waals surface area contributed by atoms with Crippen molar-refractivity contribution >= 4 is 5.96 Å². The molecule has 0 spiro atoms. The molecule has 0 heterocycles. The molecule has 1 rings (SSSR count). The molecule has 22 heavy (non-hydrogen) atoms. The van der Waals surface area contributed by atoms with Crippen molar-refractivity contribution in [3.8, 4) is 0 Å². The van der Waals surface area contributed by atoms with Crippen LogP contribution in [0.5, 0.6) is 0 Å². The molecule has 0 aliphatic heterocycles. The predicted octanol–water partition coefficient (Wildman–Crippen LogP) is 3.45. The number of nitrogens with one attached hydrogen (secondary N) is 1. The van der Waals surface area contributed by atoms with Crippen LogP contribution in [0.15, 0.2) is 17.6 Å². The Kier molecular flexibility index (Phi) is 9.21. The van der Waals surface area contributed by atoms with Crippen molar-refractivity contribution in [2.24, 2.45) is 10.4 Å². The second-order valence-corrected chi connectivity index (χ2v) is 6.47. The molecule has 4 heteroatoms. The lowest BCUT2D eigenvalue weighted by Gasteiger charge is -2.23. The Morgan fingerprint density at radius 3 is 2.73 bits per heavy atom. The van der Waals surface area contributed by atoms with Crippen molar-refractivity contribution in [2.45, 2.75) is 51.9 Å². The van der Waals surface area contributed by atoms with E-state index in [-0.39, 0.29) is 0 Å². The highest BCUT2D eigenvalue weighted by atomic mass is 16.5. The number of allylic oxidation sites excluding steroid dienone is 1. The monoisotopic (exact) mass is 309 g/mol. The van der Waals surface area contributed by atoms with E-state index >= 15 is 0 Å². The van der Waals surface area contributed by atoms with Crippen LogP contribution in [-0.4, -0.2) is 51.3 Å². The van der Waals surface area contributed by atoms with E-state index in [1.807, 2.05) is 6.08 Å². The van der Waals surface area contributed by atoms with Gasteiger partial charge in [0.2, 0.25) is 0 Å². The van der Waals surface area contributed by atoms with Gasteiger partial charge in [-0.3, -0.25) is 4.99 Å². The van der Waals surface area contributed by atoms with Gasteiger partial charge >= 0.3 is 0 Å². The van der Waals surface area contributed by atoms with Gasteiger partial charge in [0.05, 0.1) is 0 Å². The molecule has 1 aliphatic rings. The van der Waals surface area contributed by atoms with Crippen molar-refractivity contribution in [3.63, 3.8) is 0 Å². The van der Waals surface area contributed by atoms with Crippen LogP contribution in [0.2, 0.25) is 0 Å². The van der Waals surface area contributed by atoms with Crippen molar-refractivity contribution in [1.29, 1.82) is 0 Å². The number of hydrogen-bond acceptors (Lipinski definition) is 2. The lowest BCUT2D eigenvalue weighted by atomic mass is 10.0. The first-order chi connectivity index (χ1) is 10.7. The third-order valence-electron chi connectivity index (χ3n) is 4.46. The molecular formula is C18H35N3O. The largest absolute Gasteiger partial charge is 0.385 e. The summed E-state index contributed by atoms with van der Waals surface area (Å²) in [6.07, 6.45) is 10.6. The van der Waals surface area contributed by atoms with Crippen LogP contribution >= 0.6 is 0 Å². The van der Waals surface area contributed by atoms with Crippen LogP contribution in [0, 0.1) is 5.41 Å². The van der Waals surface area contributed by atoms with Crippen LogP contribution in [0.25, 0.3) is 0 Å². The summed E-state index contributed by atoms with van der Waals surface area (Å²) in [5.41, 5.74) is 0.418. The first kappa shape index (κ1) is 19.0. The van der Waals surface area contributed by atoms with Gasteiger partial charge < -0.3 is 15.0 Å². The standard InChI is InChI=1S/C18H35N3O/c1-5-7-8-9-10-14-21(3)17(19-6-2)20-16-18(11-12-18)13-15-22-4/h5H,1,6-16H2,2-4H3,(H,19,20). The van der Waals surface area contributed by atoms with Gasteiger partial charge in [-0.2, -0.15) is 0 Å². The van der Waals surface area contributed by atoms with Gasteiger partial charge in [0, 0.05) is 40.4 Å². The highest BCUT2D eigenvalue weighted by Gasteiger charge is 2.41. The highest BCUT2D eigenvalue weighted by Crippen LogP contribution is 2.48. The van der Waals surface area contributed by atoms with E-state index in [2.05, 4.69) is 30.8 Å². The quantitative estimate of drug-likeness (QED) is 0.260. The minimum absolute atomic E-state index is 0.418. The molecule has 0 amide bonds. The predicted molar refractivity (Wildman–Crippen MR) is 95.4 cm³/mol. The van der Waals surface area contributed by atoms with Crippen LogP contribution in [0.4, 0.5) is 0 Å². The van der Waals surface area contributed by atoms with Gasteiger partial charge in [-0.05, 0) is 50.9 Å². The maximum Gasteiger partial charge on any atom is 0.193 e. The summed E-state index contributed by atoms with van der Waals surface area (Å²) in [6, 6.07) is 0. The van der Waals surface area contributed by atoms with Crippen LogP contribution < -0.4 is 5.32 Å². The maximum atomic E-state index is 5.22. The number of methoxy groups -OCH3 is 1. The smallest absolute Gasteiger partial charge is 0.193 e. The van der Waals surface area contributed by atoms with E-state index in [9.17, 15) is 0 Å². The average Bonchev–Trinajstić information content (AvgIpc) is 3.29. The number of ether oxygens (including phenoxy) is 1. The Morgan fingerprint density at radius 1 is 1.36 bits per heavy atom. The third-order valence-corrected chi connectivity index (χ3v) is 4.46. The minimum atomic E-state index is 0.418. The van der Waals surface area contributed by atoms with Gasteiger partial charge in [-0.25, -0.2) is 0 Å². The molecule has 0 aromatic rings. The zero-order valence-corrected chi connectivity index (χ0v) is 14.9. The van der Waals surface area contributed by atoms with E-state index in [0.29, 0.717) is 5.41 Å². The molecule has 1 N–H and O–H groups in total. The summed E-state index contributed by atoms with van der Waals surface area (Å²) < 4.78 is 5.22. The summed E-state index contributed by atoms with van der Waals surface area (Å²) in [5.74, 6) is 1.05. The summed E-state index contributed by atoms with van der Waals surface area (Å²) in [5, 5.41) is 3.42. The van der Waals surface area contributed by atoms with Crippen molar-refractivity contribution in [3.05, 3.63) is 12.7 Å². The molecule has 0 atom stereocenters. The number of unbranched alkanes of at least 4 members (excludes halogenated alkanes) is 3. The zero-order chi connectivity index (χ0) is 16.3. The molecule has 1 aliphatic carbocycles. The third kappa shape index (κ3) is 7.30. The molecule has 0 aromatic carbocycles. The Hall–Kier alpha value is -1.03. The fraction of sp³-hybridized carbons (Fsp3) is 0.833. The molecule has 0 unspecified atom stereocenters. The minimum Gasteiger partial charge on any atom is -0.385 e. The normalized spacial score (nSPS) is 16.4. The van der Waals surface area contributed by atoms with Gasteiger partial charge in [0.15, 0.2) is 5.96 Å². The number of nitrogens with zero attached hydrogens (tertiary/aromatic N) is 2.